The smallest absolute Gasteiger partial charge is 0.346 e. The standard InChI is InChI=1S/C16H19N3O4/c1-10-14(15(17)23-18-10)16(21)22-9-13(20)19(3)11(2)12-7-5-4-6-8-12/h4-8,11H,9,17H2,1-3H3. The van der Waals surface area contributed by atoms with Crippen molar-refractivity contribution in [1.29, 1.82) is 0 Å². The number of benzene rings is 1. The third kappa shape index (κ3) is 3.68. The zero-order valence-corrected chi connectivity index (χ0v) is 13.3. The maximum Gasteiger partial charge on any atom is 0.346 e. The van der Waals surface area contributed by atoms with Crippen LogP contribution in [0.4, 0.5) is 5.88 Å². The number of nitrogens with zero attached hydrogens (tertiary/aromatic N) is 2. The molecule has 0 spiro atoms. The number of ether oxygens (including phenoxy) is 1. The maximum absolute atomic E-state index is 12.2. The van der Waals surface area contributed by atoms with Gasteiger partial charge in [0.25, 0.3) is 5.91 Å². The average molecular weight is 317 g/mol. The zero-order valence-electron chi connectivity index (χ0n) is 13.3. The number of carbonyl (C=O) groups is 2. The average Bonchev–Trinajstić information content (AvgIpc) is 2.90. The van der Waals surface area contributed by atoms with Gasteiger partial charge in [0.1, 0.15) is 5.56 Å². The number of hydrogen-bond donors (Lipinski definition) is 1. The second-order valence-corrected chi connectivity index (χ2v) is 5.17. The molecule has 2 rings (SSSR count). The molecule has 1 amide bonds. The highest BCUT2D eigenvalue weighted by Gasteiger charge is 2.23. The summed E-state index contributed by atoms with van der Waals surface area (Å²) in [5.74, 6) is -1.16. The van der Waals surface area contributed by atoms with Crippen LogP contribution in [0.2, 0.25) is 0 Å². The van der Waals surface area contributed by atoms with Crippen LogP contribution in [-0.4, -0.2) is 35.6 Å². The Balaban J connectivity index is 1.95. The fourth-order valence-corrected chi connectivity index (χ4v) is 2.11. The minimum Gasteiger partial charge on any atom is -0.452 e. The predicted octanol–water partition coefficient (Wildman–Crippen LogP) is 1.94. The fourth-order valence-electron chi connectivity index (χ4n) is 2.11. The lowest BCUT2D eigenvalue weighted by atomic mass is 10.1. The second-order valence-electron chi connectivity index (χ2n) is 5.17. The predicted molar refractivity (Wildman–Crippen MR) is 83.6 cm³/mol. The summed E-state index contributed by atoms with van der Waals surface area (Å²) in [6.45, 7) is 3.09. The number of aryl methyl sites for hydroxylation is 1. The van der Waals surface area contributed by atoms with Gasteiger partial charge < -0.3 is 19.9 Å². The molecule has 7 nitrogen and oxygen atoms in total. The van der Waals surface area contributed by atoms with Crippen LogP contribution in [0.1, 0.15) is 34.6 Å². The van der Waals surface area contributed by atoms with E-state index in [0.717, 1.165) is 5.56 Å². The fraction of sp³-hybridized carbons (Fsp3) is 0.312. The highest BCUT2D eigenvalue weighted by Crippen LogP contribution is 2.19. The lowest BCUT2D eigenvalue weighted by molar-refractivity contribution is -0.135. The van der Waals surface area contributed by atoms with E-state index in [2.05, 4.69) is 5.16 Å². The number of hydrogen-bond acceptors (Lipinski definition) is 6. The van der Waals surface area contributed by atoms with Gasteiger partial charge in [-0.3, -0.25) is 4.79 Å². The number of nitrogen functional groups attached to an aromatic ring is 1. The Morgan fingerprint density at radius 1 is 1.35 bits per heavy atom. The van der Waals surface area contributed by atoms with E-state index in [1.165, 1.54) is 4.90 Å². The van der Waals surface area contributed by atoms with Crippen molar-refractivity contribution in [3.05, 3.63) is 47.2 Å². The Hall–Kier alpha value is -2.83. The van der Waals surface area contributed by atoms with E-state index in [1.807, 2.05) is 37.3 Å². The Morgan fingerprint density at radius 3 is 2.57 bits per heavy atom. The van der Waals surface area contributed by atoms with Gasteiger partial charge in [0.2, 0.25) is 5.88 Å². The molecular weight excluding hydrogens is 298 g/mol. The maximum atomic E-state index is 12.2. The van der Waals surface area contributed by atoms with Crippen LogP contribution in [0.15, 0.2) is 34.9 Å². The Morgan fingerprint density at radius 2 is 2.00 bits per heavy atom. The van der Waals surface area contributed by atoms with E-state index in [1.54, 1.807) is 14.0 Å². The van der Waals surface area contributed by atoms with Crippen molar-refractivity contribution in [2.45, 2.75) is 19.9 Å². The topological polar surface area (TPSA) is 98.7 Å². The molecule has 1 aromatic carbocycles. The van der Waals surface area contributed by atoms with Crippen molar-refractivity contribution < 1.29 is 18.8 Å². The van der Waals surface area contributed by atoms with Crippen LogP contribution in [-0.2, 0) is 9.53 Å². The lowest BCUT2D eigenvalue weighted by Gasteiger charge is -2.25. The molecule has 0 fully saturated rings. The van der Waals surface area contributed by atoms with E-state index in [-0.39, 0.29) is 30.0 Å². The Kier molecular flexibility index (Phi) is 5.00. The van der Waals surface area contributed by atoms with Gasteiger partial charge in [-0.2, -0.15) is 0 Å². The minimum atomic E-state index is -0.727. The summed E-state index contributed by atoms with van der Waals surface area (Å²) in [5.41, 5.74) is 6.88. The van der Waals surface area contributed by atoms with Gasteiger partial charge in [-0.15, -0.1) is 0 Å². The van der Waals surface area contributed by atoms with Crippen molar-refractivity contribution in [2.75, 3.05) is 19.4 Å². The van der Waals surface area contributed by atoms with Crippen molar-refractivity contribution >= 4 is 17.8 Å². The molecule has 0 aliphatic carbocycles. The first-order valence-corrected chi connectivity index (χ1v) is 7.11. The normalized spacial score (nSPS) is 11.8. The first kappa shape index (κ1) is 16.5. The van der Waals surface area contributed by atoms with Gasteiger partial charge >= 0.3 is 5.97 Å². The summed E-state index contributed by atoms with van der Waals surface area (Å²) in [6.07, 6.45) is 0. The molecule has 1 heterocycles. The second kappa shape index (κ2) is 6.95. The Labute approximate surface area is 134 Å². The lowest BCUT2D eigenvalue weighted by Crippen LogP contribution is -2.33. The number of rotatable bonds is 5. The molecule has 2 N–H and O–H groups in total. The summed E-state index contributed by atoms with van der Waals surface area (Å²) < 4.78 is 9.71. The van der Waals surface area contributed by atoms with Gasteiger partial charge in [0.05, 0.1) is 11.7 Å². The molecule has 1 aromatic heterocycles. The van der Waals surface area contributed by atoms with Crippen LogP contribution < -0.4 is 5.73 Å². The molecule has 1 unspecified atom stereocenters. The monoisotopic (exact) mass is 317 g/mol. The number of likely N-dealkylation sites (N-methyl/N-ethyl adjacent to an activating group) is 1. The molecule has 7 heteroatoms. The summed E-state index contributed by atoms with van der Waals surface area (Å²) >= 11 is 0. The van der Waals surface area contributed by atoms with Gasteiger partial charge in [-0.05, 0) is 19.4 Å². The van der Waals surface area contributed by atoms with Crippen molar-refractivity contribution in [3.63, 3.8) is 0 Å². The van der Waals surface area contributed by atoms with Gasteiger partial charge in [0.15, 0.2) is 6.61 Å². The molecule has 0 saturated heterocycles. The number of esters is 1. The van der Waals surface area contributed by atoms with Crippen molar-refractivity contribution in [3.8, 4) is 0 Å². The third-order valence-electron chi connectivity index (χ3n) is 3.68. The quantitative estimate of drug-likeness (QED) is 0.846. The van der Waals surface area contributed by atoms with Crippen LogP contribution in [0.25, 0.3) is 0 Å². The van der Waals surface area contributed by atoms with Crippen LogP contribution >= 0.6 is 0 Å². The molecule has 122 valence electrons. The first-order chi connectivity index (χ1) is 10.9. The van der Waals surface area contributed by atoms with Crippen LogP contribution in [0.5, 0.6) is 0 Å². The van der Waals surface area contributed by atoms with Gasteiger partial charge in [0, 0.05) is 7.05 Å². The third-order valence-corrected chi connectivity index (χ3v) is 3.68. The SMILES string of the molecule is Cc1noc(N)c1C(=O)OCC(=O)N(C)C(C)c1ccccc1. The molecular formula is C16H19N3O4. The largest absolute Gasteiger partial charge is 0.452 e. The highest BCUT2D eigenvalue weighted by atomic mass is 16.5. The molecule has 0 bridgehead atoms. The number of nitrogens with two attached hydrogens (primary N) is 1. The van der Waals surface area contributed by atoms with Gasteiger partial charge in [-0.1, -0.05) is 35.5 Å². The Bertz CT molecular complexity index is 677. The van der Waals surface area contributed by atoms with E-state index in [4.69, 9.17) is 15.0 Å². The number of carbonyl (C=O) groups excluding carboxylic acids is 2. The van der Waals surface area contributed by atoms with Gasteiger partial charge in [-0.25, -0.2) is 4.79 Å². The molecule has 23 heavy (non-hydrogen) atoms. The van der Waals surface area contributed by atoms with Crippen molar-refractivity contribution in [2.24, 2.45) is 0 Å². The van der Waals surface area contributed by atoms with Crippen LogP contribution in [0, 0.1) is 6.92 Å². The molecule has 0 aliphatic rings. The van der Waals surface area contributed by atoms with E-state index in [9.17, 15) is 9.59 Å². The highest BCUT2D eigenvalue weighted by molar-refractivity contribution is 5.96. The number of aromatic nitrogens is 1. The van der Waals surface area contributed by atoms with E-state index < -0.39 is 5.97 Å². The molecule has 1 atom stereocenters. The summed E-state index contributed by atoms with van der Waals surface area (Å²) in [7, 11) is 1.66. The summed E-state index contributed by atoms with van der Waals surface area (Å²) in [5, 5.41) is 3.57. The summed E-state index contributed by atoms with van der Waals surface area (Å²) in [4.78, 5) is 25.6. The number of anilines is 1. The van der Waals surface area contributed by atoms with Crippen molar-refractivity contribution in [1.82, 2.24) is 10.1 Å². The molecule has 2 aromatic rings. The molecule has 0 radical (unpaired) electrons. The molecule has 0 saturated carbocycles. The number of amides is 1. The minimum absolute atomic E-state index is 0.0524. The summed E-state index contributed by atoms with van der Waals surface area (Å²) in [6, 6.07) is 9.45. The zero-order chi connectivity index (χ0) is 17.0. The van der Waals surface area contributed by atoms with E-state index in [0.29, 0.717) is 5.69 Å². The van der Waals surface area contributed by atoms with E-state index >= 15 is 0 Å². The van der Waals surface area contributed by atoms with Crippen LogP contribution in [0.3, 0.4) is 0 Å². The first-order valence-electron chi connectivity index (χ1n) is 7.11. The molecule has 0 aliphatic heterocycles.